The lowest BCUT2D eigenvalue weighted by Crippen LogP contribution is -2.34. The number of fused-ring (bicyclic) bond motifs is 1. The standard InChI is InChI=1S/C21H23N3O4S2/c1-12(2)11-28-14-7-5-6-13(8-14)19(25)23-20(29)24-21-22-18-16(27-4)9-15(26-3)10-17(18)30-21/h5-10,12H,11H2,1-4H3,(H2,22,23,24,25,29). The van der Waals surface area contributed by atoms with Crippen LogP contribution in [0.2, 0.25) is 0 Å². The molecule has 30 heavy (non-hydrogen) atoms. The predicted octanol–water partition coefficient (Wildman–Crippen LogP) is 4.48. The normalized spacial score (nSPS) is 10.7. The molecule has 0 atom stereocenters. The molecule has 3 aromatic rings. The Morgan fingerprint density at radius 3 is 2.67 bits per heavy atom. The van der Waals surface area contributed by atoms with Gasteiger partial charge in [0.05, 0.1) is 25.5 Å². The van der Waals surface area contributed by atoms with Gasteiger partial charge in [0, 0.05) is 11.6 Å². The minimum Gasteiger partial charge on any atom is -0.497 e. The van der Waals surface area contributed by atoms with E-state index in [-0.39, 0.29) is 11.0 Å². The average molecular weight is 446 g/mol. The maximum Gasteiger partial charge on any atom is 0.257 e. The van der Waals surface area contributed by atoms with Gasteiger partial charge in [-0.15, -0.1) is 0 Å². The summed E-state index contributed by atoms with van der Waals surface area (Å²) < 4.78 is 17.2. The average Bonchev–Trinajstić information content (AvgIpc) is 3.13. The third kappa shape index (κ3) is 5.37. The zero-order chi connectivity index (χ0) is 21.7. The number of nitrogens with zero attached hydrogens (tertiary/aromatic N) is 1. The fraction of sp³-hybridized carbons (Fsp3) is 0.286. The molecule has 0 radical (unpaired) electrons. The minimum absolute atomic E-state index is 0.151. The molecule has 0 spiro atoms. The van der Waals surface area contributed by atoms with E-state index in [0.717, 1.165) is 4.70 Å². The van der Waals surface area contributed by atoms with Crippen molar-refractivity contribution in [2.24, 2.45) is 5.92 Å². The number of aromatic nitrogens is 1. The zero-order valence-electron chi connectivity index (χ0n) is 17.1. The molecule has 9 heteroatoms. The minimum atomic E-state index is -0.331. The van der Waals surface area contributed by atoms with E-state index >= 15 is 0 Å². The number of carbonyl (C=O) groups excluding carboxylic acids is 1. The summed E-state index contributed by atoms with van der Waals surface area (Å²) in [6.45, 7) is 4.71. The summed E-state index contributed by atoms with van der Waals surface area (Å²) in [6.07, 6.45) is 0. The van der Waals surface area contributed by atoms with E-state index in [4.69, 9.17) is 26.4 Å². The fourth-order valence-electron chi connectivity index (χ4n) is 2.60. The fourth-order valence-corrected chi connectivity index (χ4v) is 3.77. The highest BCUT2D eigenvalue weighted by Gasteiger charge is 2.14. The lowest BCUT2D eigenvalue weighted by Gasteiger charge is -2.10. The Hall–Kier alpha value is -2.91. The molecule has 3 rings (SSSR count). The zero-order valence-corrected chi connectivity index (χ0v) is 18.8. The number of anilines is 1. The number of ether oxygens (including phenoxy) is 3. The van der Waals surface area contributed by atoms with Crippen LogP contribution in [0.15, 0.2) is 36.4 Å². The van der Waals surface area contributed by atoms with E-state index < -0.39 is 0 Å². The van der Waals surface area contributed by atoms with Crippen molar-refractivity contribution in [1.82, 2.24) is 10.3 Å². The molecule has 2 N–H and O–H groups in total. The van der Waals surface area contributed by atoms with Gasteiger partial charge in [-0.1, -0.05) is 31.3 Å². The second-order valence-corrected chi connectivity index (χ2v) is 8.28. The van der Waals surface area contributed by atoms with Gasteiger partial charge in [-0.25, -0.2) is 4.98 Å². The van der Waals surface area contributed by atoms with E-state index in [2.05, 4.69) is 29.5 Å². The van der Waals surface area contributed by atoms with Crippen LogP contribution in [0.4, 0.5) is 5.13 Å². The summed E-state index contributed by atoms with van der Waals surface area (Å²) in [5.41, 5.74) is 1.14. The van der Waals surface area contributed by atoms with Gasteiger partial charge in [-0.2, -0.15) is 0 Å². The molecule has 1 heterocycles. The van der Waals surface area contributed by atoms with Gasteiger partial charge in [0.25, 0.3) is 5.91 Å². The third-order valence-electron chi connectivity index (χ3n) is 4.02. The number of rotatable bonds is 7. The summed E-state index contributed by atoms with van der Waals surface area (Å²) in [7, 11) is 3.17. The molecule has 0 aliphatic heterocycles. The predicted molar refractivity (Wildman–Crippen MR) is 123 cm³/mol. The van der Waals surface area contributed by atoms with Gasteiger partial charge < -0.3 is 19.5 Å². The van der Waals surface area contributed by atoms with Crippen molar-refractivity contribution >= 4 is 49.9 Å². The van der Waals surface area contributed by atoms with Crippen molar-refractivity contribution in [1.29, 1.82) is 0 Å². The van der Waals surface area contributed by atoms with Crippen LogP contribution in [-0.2, 0) is 0 Å². The molecule has 0 saturated carbocycles. The van der Waals surface area contributed by atoms with E-state index in [1.807, 2.05) is 12.1 Å². The summed E-state index contributed by atoms with van der Waals surface area (Å²) in [5.74, 6) is 1.98. The van der Waals surface area contributed by atoms with Gasteiger partial charge in [0.15, 0.2) is 10.2 Å². The van der Waals surface area contributed by atoms with Crippen LogP contribution < -0.4 is 24.8 Å². The highest BCUT2D eigenvalue weighted by Crippen LogP contribution is 2.36. The quantitative estimate of drug-likeness (QED) is 0.519. The van der Waals surface area contributed by atoms with Crippen molar-refractivity contribution in [3.8, 4) is 17.2 Å². The third-order valence-corrected chi connectivity index (χ3v) is 5.14. The second kappa shape index (κ2) is 9.73. The molecule has 7 nitrogen and oxygen atoms in total. The lowest BCUT2D eigenvalue weighted by molar-refractivity contribution is 0.0977. The monoisotopic (exact) mass is 445 g/mol. The Balaban J connectivity index is 1.68. The molecular weight excluding hydrogens is 422 g/mol. The topological polar surface area (TPSA) is 81.7 Å². The Morgan fingerprint density at radius 2 is 1.97 bits per heavy atom. The summed E-state index contributed by atoms with van der Waals surface area (Å²) >= 11 is 6.66. The molecule has 0 unspecified atom stereocenters. The first kappa shape index (κ1) is 21.8. The summed E-state index contributed by atoms with van der Waals surface area (Å²) in [5, 5.41) is 6.31. The highest BCUT2D eigenvalue weighted by atomic mass is 32.1. The number of carbonyl (C=O) groups is 1. The molecule has 1 amide bonds. The van der Waals surface area contributed by atoms with Crippen molar-refractivity contribution in [3.63, 3.8) is 0 Å². The van der Waals surface area contributed by atoms with E-state index in [9.17, 15) is 4.79 Å². The molecule has 0 fully saturated rings. The molecule has 2 aromatic carbocycles. The first-order valence-electron chi connectivity index (χ1n) is 9.27. The van der Waals surface area contributed by atoms with E-state index in [1.54, 1.807) is 38.5 Å². The van der Waals surface area contributed by atoms with Crippen LogP contribution in [0, 0.1) is 5.92 Å². The van der Waals surface area contributed by atoms with Crippen molar-refractivity contribution in [2.45, 2.75) is 13.8 Å². The Morgan fingerprint density at radius 1 is 1.17 bits per heavy atom. The van der Waals surface area contributed by atoms with Crippen molar-refractivity contribution < 1.29 is 19.0 Å². The highest BCUT2D eigenvalue weighted by molar-refractivity contribution is 7.80. The number of thiazole rings is 1. The van der Waals surface area contributed by atoms with Crippen LogP contribution in [0.1, 0.15) is 24.2 Å². The summed E-state index contributed by atoms with van der Waals surface area (Å²) in [4.78, 5) is 17.0. The van der Waals surface area contributed by atoms with Gasteiger partial charge in [0.1, 0.15) is 22.8 Å². The van der Waals surface area contributed by atoms with Gasteiger partial charge >= 0.3 is 0 Å². The van der Waals surface area contributed by atoms with Crippen molar-refractivity contribution in [2.75, 3.05) is 26.1 Å². The first-order chi connectivity index (χ1) is 14.4. The molecule has 0 aliphatic rings. The Bertz CT molecular complexity index is 1070. The SMILES string of the molecule is COc1cc(OC)c2nc(NC(=S)NC(=O)c3cccc(OCC(C)C)c3)sc2c1. The number of amides is 1. The number of benzene rings is 2. The van der Waals surface area contributed by atoms with Crippen LogP contribution in [0.5, 0.6) is 17.2 Å². The van der Waals surface area contributed by atoms with E-state index in [0.29, 0.717) is 46.0 Å². The number of hydrogen-bond donors (Lipinski definition) is 2. The first-order valence-corrected chi connectivity index (χ1v) is 10.5. The van der Waals surface area contributed by atoms with Crippen LogP contribution >= 0.6 is 23.6 Å². The van der Waals surface area contributed by atoms with Crippen molar-refractivity contribution in [3.05, 3.63) is 42.0 Å². The molecule has 0 bridgehead atoms. The van der Waals surface area contributed by atoms with Gasteiger partial charge in [-0.05, 0) is 42.4 Å². The number of hydrogen-bond acceptors (Lipinski definition) is 7. The number of thiocarbonyl (C=S) groups is 1. The Labute approximate surface area is 184 Å². The largest absolute Gasteiger partial charge is 0.497 e. The molecule has 158 valence electrons. The van der Waals surface area contributed by atoms with Crippen LogP contribution in [0.3, 0.4) is 0 Å². The Kier molecular flexibility index (Phi) is 7.07. The van der Waals surface area contributed by atoms with Crippen LogP contribution in [-0.4, -0.2) is 36.8 Å². The maximum absolute atomic E-state index is 12.5. The lowest BCUT2D eigenvalue weighted by atomic mass is 10.2. The molecule has 0 saturated heterocycles. The molecule has 1 aromatic heterocycles. The summed E-state index contributed by atoms with van der Waals surface area (Å²) in [6, 6.07) is 10.6. The van der Waals surface area contributed by atoms with Gasteiger partial charge in [-0.3, -0.25) is 10.1 Å². The molecular formula is C21H23N3O4S2. The second-order valence-electron chi connectivity index (χ2n) is 6.84. The smallest absolute Gasteiger partial charge is 0.257 e. The van der Waals surface area contributed by atoms with Gasteiger partial charge in [0.2, 0.25) is 0 Å². The molecule has 0 aliphatic carbocycles. The number of nitrogens with one attached hydrogen (secondary N) is 2. The van der Waals surface area contributed by atoms with E-state index in [1.165, 1.54) is 11.3 Å². The number of methoxy groups -OCH3 is 2. The maximum atomic E-state index is 12.5. The van der Waals surface area contributed by atoms with Crippen LogP contribution in [0.25, 0.3) is 10.2 Å².